The van der Waals surface area contributed by atoms with E-state index in [1.165, 1.54) is 120 Å². The van der Waals surface area contributed by atoms with Crippen LogP contribution < -0.4 is 0 Å². The van der Waals surface area contributed by atoms with Gasteiger partial charge in [-0.05, 0) is 429 Å². The van der Waals surface area contributed by atoms with Crippen molar-refractivity contribution in [1.29, 1.82) is 0 Å². The Balaban J connectivity index is 0.000000120. The summed E-state index contributed by atoms with van der Waals surface area (Å²) < 4.78 is 67.9. The first kappa shape index (κ1) is 95.9. The third-order valence-electron chi connectivity index (χ3n) is 43.2. The molecule has 20 rings (SSSR count). The van der Waals surface area contributed by atoms with E-state index in [1.807, 2.05) is 20.8 Å². The maximum atomic E-state index is 10.5. The SMILES string of the molecule is C=C=C1CCC2C3C(CC[C@]12C)[C@@]1(C)CC[C@@H](O[Si](C)(C)C(C)(C)C)CC1[C@H]1OC(C)(C)O[C@H]31.CC#CC1=CCC2C3C(CC[C@]12C)[C@@]1(C)CC[C@@H](O)CC1[C@H]1OC(C)(C)O[C@H]31.CC#C[C@H]1CCC2C3C(CC[C@@]21C)[C@@]1(C)CC[C@@H](O[Si](C)(C)C(C)(C)C)CC1[C@H]1OC(C)(C)O[C@H]31.CC#C[C@H]1CCC2C3C(CC[C@@]21C)[C@@]1(C)CC[C@H](N=[N+]=[N-])CC1[C@H]1OC(C)(C)O[C@H]31. The van der Waals surface area contributed by atoms with E-state index in [0.717, 1.165) is 70.1 Å². The summed E-state index contributed by atoms with van der Waals surface area (Å²) in [4.78, 5) is 3.13. The highest BCUT2D eigenvalue weighted by atomic mass is 28.4. The van der Waals surface area contributed by atoms with Gasteiger partial charge in [0.2, 0.25) is 0 Å². The van der Waals surface area contributed by atoms with Gasteiger partial charge in [0.1, 0.15) is 0 Å². The number of aliphatic hydroxyl groups excluding tert-OH is 1. The molecule has 16 aliphatic carbocycles. The van der Waals surface area contributed by atoms with Gasteiger partial charge in [-0.15, -0.1) is 23.5 Å². The van der Waals surface area contributed by atoms with Gasteiger partial charge in [0, 0.05) is 46.0 Å². The molecule has 14 nitrogen and oxygen atoms in total. The average molecular weight is 1780 g/mol. The topological polar surface area (TPSA) is 161 Å². The predicted molar refractivity (Wildman–Crippen MR) is 512 cm³/mol. The minimum Gasteiger partial charge on any atom is -0.414 e. The van der Waals surface area contributed by atoms with Crippen molar-refractivity contribution in [1.82, 2.24) is 0 Å². The third kappa shape index (κ3) is 15.7. The Morgan fingerprint density at radius 1 is 0.402 bits per heavy atom. The van der Waals surface area contributed by atoms with Crippen LogP contribution in [-0.4, -0.2) is 118 Å². The second-order valence-corrected chi connectivity index (χ2v) is 62.5. The number of aliphatic hydroxyl groups is 1. The highest BCUT2D eigenvalue weighted by Crippen LogP contribution is 2.76. The number of ether oxygens (including phenoxy) is 8. The van der Waals surface area contributed by atoms with E-state index in [0.29, 0.717) is 134 Å². The van der Waals surface area contributed by atoms with Crippen molar-refractivity contribution in [3.63, 3.8) is 0 Å². The number of fused-ring (bicyclic) bond motifs is 32. The van der Waals surface area contributed by atoms with Gasteiger partial charge in [0.05, 0.1) is 54.9 Å². The lowest BCUT2D eigenvalue weighted by molar-refractivity contribution is -0.186. The molecule has 0 amide bonds. The fourth-order valence-corrected chi connectivity index (χ4v) is 37.8. The zero-order valence-corrected chi connectivity index (χ0v) is 87.1. The second-order valence-electron chi connectivity index (χ2n) is 53.0. The molecule has 0 spiro atoms. The largest absolute Gasteiger partial charge is 0.414 e. The van der Waals surface area contributed by atoms with Gasteiger partial charge in [-0.2, -0.15) is 0 Å². The number of hydrogen-bond donors (Lipinski definition) is 1. The van der Waals surface area contributed by atoms with E-state index < -0.39 is 39.8 Å². The van der Waals surface area contributed by atoms with Crippen molar-refractivity contribution in [2.45, 2.75) is 479 Å². The number of rotatable bonds is 5. The number of azide groups is 1. The Bertz CT molecular complexity index is 4470. The Morgan fingerprint density at radius 3 is 1.14 bits per heavy atom. The first-order valence-electron chi connectivity index (χ1n) is 52.1. The fraction of sp³-hybridized carbons (Fsp3) is 0.901. The first-order valence-corrected chi connectivity index (χ1v) is 57.9. The minimum absolute atomic E-state index is 0.0992. The molecule has 4 saturated heterocycles. The van der Waals surface area contributed by atoms with Crippen LogP contribution in [0.5, 0.6) is 0 Å². The van der Waals surface area contributed by atoms with E-state index in [2.05, 4.69) is 242 Å². The maximum Gasteiger partial charge on any atom is 0.192 e. The molecule has 20 aliphatic rings. The molecule has 15 saturated carbocycles. The summed E-state index contributed by atoms with van der Waals surface area (Å²) in [6.45, 7) is 71.0. The highest BCUT2D eigenvalue weighted by molar-refractivity contribution is 6.74. The first-order chi connectivity index (χ1) is 59.2. The fourth-order valence-electron chi connectivity index (χ4n) is 35.0. The molecule has 127 heavy (non-hydrogen) atoms. The van der Waals surface area contributed by atoms with Crippen LogP contribution in [0, 0.1) is 185 Å². The van der Waals surface area contributed by atoms with Crippen molar-refractivity contribution in [2.75, 3.05) is 0 Å². The van der Waals surface area contributed by atoms with Crippen LogP contribution in [0.1, 0.15) is 346 Å². The molecule has 0 radical (unpaired) electrons. The Labute approximate surface area is 773 Å². The molecule has 38 atom stereocenters. The van der Waals surface area contributed by atoms with Crippen LogP contribution in [0.4, 0.5) is 0 Å². The molecule has 0 aromatic heterocycles. The van der Waals surface area contributed by atoms with Crippen LogP contribution in [0.15, 0.2) is 34.6 Å². The van der Waals surface area contributed by atoms with Crippen molar-refractivity contribution in [3.8, 4) is 35.5 Å². The summed E-state index contributed by atoms with van der Waals surface area (Å²) in [5.74, 6) is 28.8. The predicted octanol–water partition coefficient (Wildman–Crippen LogP) is 26.4. The van der Waals surface area contributed by atoms with Gasteiger partial charge >= 0.3 is 0 Å². The molecule has 708 valence electrons. The standard InChI is InChI=1S/C31H52O3Si.C30H50O3Si.C25H37N3O2.C25H36O3/c1-11-12-20-13-14-22-25-23(16-18-30(20,22)7)31(8)17-15-21(34-35(9,10)28(2,3)4)19-24(31)26-27(25)33-29(5,6)32-26;1-11-19-12-13-21-24-22(15-17-29(19,21)7)30(8)16-14-20(33-34(9,10)27(2,3)4)18-23(30)25-26(24)32-28(5,6)31-25;1-6-7-15-8-9-17-20-18(11-13-24(15,17)4)25(5)12-10-16(27-28-26)14-19(25)21-22(20)30-23(2,3)29-21;1-6-7-15-8-9-17-20-18(11-13-24(15,17)4)25(5)12-10-16(26)14-19(25)21-22(20)28-23(2,3)27-21/h20-27H,13-19H2,1-10H3;20-26H,1,12-18H2,2-10H3;15-22H,8-14H2,1-5H3;8,16-22,26H,9-14H2,1-5H3/t20-,21+,22?,23?,24?,25?,26+,27+,30+,31+;20-,21?,22?,23?,24?,25-,26-,29-,30-;15-,16-,17?,18?,19?,20?,21+,22+,24+,25+;16-,17?,18?,19?,20?,21-,22-,24-,25-/m0101/s1. The van der Waals surface area contributed by atoms with Crippen molar-refractivity contribution in [2.24, 2.45) is 155 Å². The summed E-state index contributed by atoms with van der Waals surface area (Å²) in [6.07, 6.45) is 36.4. The molecular weight excluding hydrogens is 1610 g/mol. The molecule has 1 N–H and O–H groups in total. The van der Waals surface area contributed by atoms with Crippen LogP contribution in [0.25, 0.3) is 10.4 Å². The number of hydrogen-bond acceptors (Lipinski definition) is 12. The van der Waals surface area contributed by atoms with E-state index in [1.54, 1.807) is 0 Å². The van der Waals surface area contributed by atoms with E-state index in [9.17, 15) is 5.11 Å². The van der Waals surface area contributed by atoms with Gasteiger partial charge in [0.25, 0.3) is 0 Å². The molecular formula is C111H175N3O11Si2. The summed E-state index contributed by atoms with van der Waals surface area (Å²) >= 11 is 0. The van der Waals surface area contributed by atoms with Crippen LogP contribution in [0.2, 0.25) is 36.3 Å². The molecule has 16 heteroatoms. The van der Waals surface area contributed by atoms with E-state index >= 15 is 0 Å². The lowest BCUT2D eigenvalue weighted by Gasteiger charge is -2.63. The monoisotopic (exact) mass is 1780 g/mol. The van der Waals surface area contributed by atoms with Gasteiger partial charge in [-0.1, -0.05) is 132 Å². The normalized spacial score (nSPS) is 50.7. The smallest absolute Gasteiger partial charge is 0.192 e. The summed E-state index contributed by atoms with van der Waals surface area (Å²) in [7, 11) is -3.59. The van der Waals surface area contributed by atoms with Gasteiger partial charge < -0.3 is 51.9 Å². The van der Waals surface area contributed by atoms with Crippen LogP contribution >= 0.6 is 0 Å². The molecule has 16 unspecified atom stereocenters. The summed E-state index contributed by atoms with van der Waals surface area (Å²) in [6, 6.07) is 0.0992. The van der Waals surface area contributed by atoms with E-state index in [4.69, 9.17) is 52.3 Å². The van der Waals surface area contributed by atoms with Gasteiger partial charge in [-0.25, -0.2) is 0 Å². The lowest BCUT2D eigenvalue weighted by atomic mass is 9.43. The molecule has 4 aliphatic heterocycles. The quantitative estimate of drug-likeness (QED) is 0.0696. The second kappa shape index (κ2) is 33.0. The minimum atomic E-state index is -1.80. The van der Waals surface area contributed by atoms with Crippen molar-refractivity contribution >= 4 is 16.6 Å². The molecule has 0 bridgehead atoms. The molecule has 0 aromatic carbocycles. The lowest BCUT2D eigenvalue weighted by Crippen LogP contribution is -2.63. The average Bonchev–Trinajstić information content (AvgIpc) is 1.62. The van der Waals surface area contributed by atoms with E-state index in [-0.39, 0.29) is 92.7 Å². The van der Waals surface area contributed by atoms with Crippen molar-refractivity contribution < 1.29 is 51.9 Å². The van der Waals surface area contributed by atoms with Crippen LogP contribution in [-0.2, 0) is 46.7 Å². The number of nitrogens with zero attached hydrogens (tertiary/aromatic N) is 3. The number of allylic oxidation sites excluding steroid dienone is 3. The Kier molecular flexibility index (Phi) is 24.9. The highest BCUT2D eigenvalue weighted by Gasteiger charge is 2.75. The molecule has 4 heterocycles. The van der Waals surface area contributed by atoms with Gasteiger partial charge in [0.15, 0.2) is 39.8 Å². The Hall–Kier alpha value is -2.76. The zero-order chi connectivity index (χ0) is 91.7. The summed E-state index contributed by atoms with van der Waals surface area (Å²) in [5, 5.41) is 15.1. The third-order valence-corrected chi connectivity index (χ3v) is 52.3. The zero-order valence-electron chi connectivity index (χ0n) is 85.1. The van der Waals surface area contributed by atoms with Gasteiger partial charge in [-0.3, -0.25) is 0 Å². The van der Waals surface area contributed by atoms with Crippen LogP contribution in [0.3, 0.4) is 0 Å². The maximum absolute atomic E-state index is 10.5. The van der Waals surface area contributed by atoms with Crippen molar-refractivity contribution in [3.05, 3.63) is 40.0 Å². The Morgan fingerprint density at radius 2 is 0.748 bits per heavy atom. The molecule has 19 fully saturated rings. The molecule has 0 aromatic rings. The summed E-state index contributed by atoms with van der Waals surface area (Å²) in [5.41, 5.74) is 17.4.